The minimum Gasteiger partial charge on any atom is -1.00 e. The molecule has 1 aliphatic rings. The Hall–Kier alpha value is -3.98. The van der Waals surface area contributed by atoms with Crippen molar-refractivity contribution >= 4 is 28.0 Å². The highest BCUT2D eigenvalue weighted by Gasteiger charge is 2.31. The zero-order valence-electron chi connectivity index (χ0n) is 18.0. The number of quaternary nitrogens is 1. The van der Waals surface area contributed by atoms with Crippen LogP contribution in [-0.2, 0) is 0 Å². The molecule has 0 unspecified atom stereocenters. The van der Waals surface area contributed by atoms with Gasteiger partial charge in [0.1, 0.15) is 10.8 Å². The monoisotopic (exact) mass is 492 g/mol. The molecule has 6 rings (SSSR count). The summed E-state index contributed by atoms with van der Waals surface area (Å²) < 4.78 is 0. The van der Waals surface area contributed by atoms with E-state index < -0.39 is 0 Å². The highest BCUT2D eigenvalue weighted by atomic mass is 35.5. The minimum absolute atomic E-state index is 0. The molecule has 4 N–H and O–H groups in total. The number of aromatic nitrogens is 4. The lowest BCUT2D eigenvalue weighted by Crippen LogP contribution is -3.00. The summed E-state index contributed by atoms with van der Waals surface area (Å²) in [4.78, 5) is 0. The van der Waals surface area contributed by atoms with Gasteiger partial charge >= 0.3 is 0 Å². The lowest BCUT2D eigenvalue weighted by atomic mass is 10.1. The first kappa shape index (κ1) is 24.7. The molecule has 8 nitrogen and oxygen atoms in total. The molecular weight excluding hydrogens is 471 g/mol. The van der Waals surface area contributed by atoms with E-state index in [2.05, 4.69) is 97.9 Å². The van der Waals surface area contributed by atoms with Gasteiger partial charge in [0, 0.05) is 5.39 Å². The van der Waals surface area contributed by atoms with Gasteiger partial charge in [0.15, 0.2) is 5.21 Å². The standard InChI is InChI=1S/C23H18N4.CH2N4.2ClH/c1-3-11-19(12-4-1)23-24-26(20-14-5-2-6-15-20)27(25-23)22-17-9-13-18-10-7-8-16-21(18)22;1-2-4-5-3-1;;/h1-17H,(H,24,25);1H,(H,2,3,4,5);2*1H. The molecule has 4 aromatic carbocycles. The number of benzene rings is 4. The fourth-order valence-corrected chi connectivity index (χ4v) is 3.55. The number of hydrazine groups is 1. The highest BCUT2D eigenvalue weighted by Crippen LogP contribution is 2.30. The maximum absolute atomic E-state index is 4.96. The van der Waals surface area contributed by atoms with Gasteiger partial charge in [-0.1, -0.05) is 83.1 Å². The molecule has 172 valence electrons. The number of hydrogen-bond donors (Lipinski definition) is 2. The normalized spacial score (nSPS) is 12.2. The van der Waals surface area contributed by atoms with Gasteiger partial charge in [0.2, 0.25) is 0 Å². The number of nitrogens with one attached hydrogen (secondary N) is 2. The fraction of sp³-hybridized carbons (Fsp3) is 0. The third-order valence-corrected chi connectivity index (χ3v) is 5.02. The molecule has 34 heavy (non-hydrogen) atoms. The van der Waals surface area contributed by atoms with E-state index in [4.69, 9.17) is 5.10 Å². The topological polar surface area (TPSA) is 91.2 Å². The molecule has 0 amide bonds. The number of hydrogen-bond acceptors (Lipinski definition) is 5. The Labute approximate surface area is 209 Å². The van der Waals surface area contributed by atoms with Crippen molar-refractivity contribution in [1.82, 2.24) is 15.5 Å². The molecule has 1 aromatic heterocycles. The maximum Gasteiger partial charge on any atom is 0.286 e. The Kier molecular flexibility index (Phi) is 8.53. The summed E-state index contributed by atoms with van der Waals surface area (Å²) in [5.41, 5.74) is 5.31. The summed E-state index contributed by atoms with van der Waals surface area (Å²) in [6.45, 7) is 0. The van der Waals surface area contributed by atoms with Gasteiger partial charge in [-0.25, -0.2) is 0 Å². The van der Waals surface area contributed by atoms with Crippen LogP contribution in [0.4, 0.5) is 11.4 Å². The molecular formula is C24H22Cl2N8. The van der Waals surface area contributed by atoms with Crippen molar-refractivity contribution in [3.05, 3.63) is 115 Å². The minimum atomic E-state index is 0. The molecule has 0 fully saturated rings. The first-order chi connectivity index (χ1) is 15.9. The fourth-order valence-electron chi connectivity index (χ4n) is 3.55. The van der Waals surface area contributed by atoms with Crippen LogP contribution in [-0.4, -0.2) is 21.4 Å². The molecule has 5 aromatic rings. The number of tetrazole rings is 1. The summed E-state index contributed by atoms with van der Waals surface area (Å²) in [5, 5.41) is 23.0. The molecule has 0 saturated heterocycles. The number of halogens is 2. The highest BCUT2D eigenvalue weighted by molar-refractivity contribution is 5.98. The van der Waals surface area contributed by atoms with Crippen molar-refractivity contribution in [3.63, 3.8) is 0 Å². The van der Waals surface area contributed by atoms with E-state index in [1.54, 1.807) is 0 Å². The number of hydrazone groups is 1. The summed E-state index contributed by atoms with van der Waals surface area (Å²) in [6.07, 6.45) is 1.46. The lowest BCUT2D eigenvalue weighted by molar-refractivity contribution is -0.545. The van der Waals surface area contributed by atoms with E-state index in [1.807, 2.05) is 41.5 Å². The quantitative estimate of drug-likeness (QED) is 0.256. The van der Waals surface area contributed by atoms with Gasteiger partial charge < -0.3 is 24.8 Å². The average Bonchev–Trinajstić information content (AvgIpc) is 3.59. The number of para-hydroxylation sites is 1. The van der Waals surface area contributed by atoms with Crippen LogP contribution in [0.2, 0.25) is 0 Å². The summed E-state index contributed by atoms with van der Waals surface area (Å²) in [7, 11) is 0. The molecule has 0 spiro atoms. The Morgan fingerprint density at radius 3 is 2.09 bits per heavy atom. The zero-order valence-corrected chi connectivity index (χ0v) is 19.5. The Balaban J connectivity index is 0.000000414. The number of aromatic amines is 2. The maximum atomic E-state index is 4.96. The predicted molar refractivity (Wildman–Crippen MR) is 123 cm³/mol. The number of rotatable bonds is 3. The van der Waals surface area contributed by atoms with Gasteiger partial charge in [0.05, 0.1) is 11.3 Å². The summed E-state index contributed by atoms with van der Waals surface area (Å²) >= 11 is 0. The smallest absolute Gasteiger partial charge is 0.286 e. The van der Waals surface area contributed by atoms with E-state index in [9.17, 15) is 0 Å². The van der Waals surface area contributed by atoms with E-state index in [0.717, 1.165) is 22.8 Å². The van der Waals surface area contributed by atoms with Crippen molar-refractivity contribution in [2.75, 3.05) is 10.2 Å². The van der Waals surface area contributed by atoms with Crippen LogP contribution in [0.1, 0.15) is 5.56 Å². The van der Waals surface area contributed by atoms with Crippen LogP contribution in [0, 0.1) is 0 Å². The lowest BCUT2D eigenvalue weighted by Gasteiger charge is -2.24. The van der Waals surface area contributed by atoms with Crippen LogP contribution >= 0.6 is 0 Å². The van der Waals surface area contributed by atoms with Gasteiger partial charge in [-0.15, -0.1) is 10.2 Å². The zero-order chi connectivity index (χ0) is 21.6. The Morgan fingerprint density at radius 2 is 1.41 bits per heavy atom. The summed E-state index contributed by atoms with van der Waals surface area (Å²) in [5.74, 6) is 0.937. The van der Waals surface area contributed by atoms with Crippen LogP contribution in [0.15, 0.2) is 115 Å². The molecule has 1 aliphatic heterocycles. The van der Waals surface area contributed by atoms with Crippen molar-refractivity contribution < 1.29 is 35.3 Å². The van der Waals surface area contributed by atoms with Crippen molar-refractivity contribution in [3.8, 4) is 0 Å². The number of anilines is 2. The van der Waals surface area contributed by atoms with E-state index in [1.165, 1.54) is 17.1 Å². The van der Waals surface area contributed by atoms with E-state index in [-0.39, 0.29) is 24.8 Å². The number of fused-ring (bicyclic) bond motifs is 1. The molecule has 2 heterocycles. The first-order valence-electron chi connectivity index (χ1n) is 10.2. The SMILES string of the molecule is [Cl-].[Cl-].c1ccc(C2=NN(c3cccc4ccccc34)N(c3ccccc3)[NH2+]2)cc1.c1nn[nH][nH+]1. The second kappa shape index (κ2) is 11.8. The van der Waals surface area contributed by atoms with Gasteiger partial charge in [0.25, 0.3) is 12.2 Å². The molecule has 0 atom stereocenters. The number of amidine groups is 1. The van der Waals surface area contributed by atoms with E-state index >= 15 is 0 Å². The largest absolute Gasteiger partial charge is 1.00 e. The second-order valence-corrected chi connectivity index (χ2v) is 7.05. The molecule has 0 bridgehead atoms. The molecule has 0 saturated carbocycles. The summed E-state index contributed by atoms with van der Waals surface area (Å²) in [6, 6.07) is 35.3. The van der Waals surface area contributed by atoms with Gasteiger partial charge in [-0.3, -0.25) is 0 Å². The van der Waals surface area contributed by atoms with Gasteiger partial charge in [-0.05, 0) is 35.7 Å². The number of nitrogens with two attached hydrogens (primary N) is 1. The second-order valence-electron chi connectivity index (χ2n) is 7.05. The van der Waals surface area contributed by atoms with Crippen LogP contribution in [0.25, 0.3) is 10.8 Å². The first-order valence-corrected chi connectivity index (χ1v) is 10.2. The number of H-pyrrole nitrogens is 2. The number of nitrogens with zero attached hydrogens (tertiary/aromatic N) is 5. The van der Waals surface area contributed by atoms with Crippen molar-refractivity contribution in [1.29, 1.82) is 0 Å². The van der Waals surface area contributed by atoms with Crippen LogP contribution in [0.3, 0.4) is 0 Å². The average molecular weight is 493 g/mol. The molecule has 0 aliphatic carbocycles. The molecule has 10 heteroatoms. The van der Waals surface area contributed by atoms with Crippen molar-refractivity contribution in [2.24, 2.45) is 5.10 Å². The third-order valence-electron chi connectivity index (χ3n) is 5.02. The van der Waals surface area contributed by atoms with Crippen molar-refractivity contribution in [2.45, 2.75) is 0 Å². The van der Waals surface area contributed by atoms with Crippen LogP contribution < -0.4 is 45.6 Å². The van der Waals surface area contributed by atoms with Gasteiger partial charge in [-0.2, -0.15) is 10.5 Å². The molecule has 0 radical (unpaired) electrons. The third kappa shape index (κ3) is 5.32. The predicted octanol–water partition coefficient (Wildman–Crippen LogP) is -3.45. The Bertz CT molecular complexity index is 1290. The Morgan fingerprint density at radius 1 is 0.735 bits per heavy atom. The van der Waals surface area contributed by atoms with Crippen LogP contribution in [0.5, 0.6) is 0 Å². The van der Waals surface area contributed by atoms with E-state index in [0.29, 0.717) is 0 Å².